The number of carboxylic acid groups (broad SMARTS) is 1. The first-order valence-corrected chi connectivity index (χ1v) is 9.01. The molecule has 0 aromatic heterocycles. The largest absolute Gasteiger partial charge is 0.478 e. The van der Waals surface area contributed by atoms with E-state index in [-0.39, 0.29) is 11.9 Å². The molecule has 0 saturated heterocycles. The number of para-hydroxylation sites is 1. The highest BCUT2D eigenvalue weighted by molar-refractivity contribution is 5.95. The molecular weight excluding hydrogens is 317 g/mol. The number of aromatic carboxylic acids is 1. The highest BCUT2D eigenvalue weighted by Crippen LogP contribution is 2.63. The number of hydrogen-bond donors (Lipinski definition) is 2. The van der Waals surface area contributed by atoms with Crippen molar-refractivity contribution in [1.82, 2.24) is 0 Å². The summed E-state index contributed by atoms with van der Waals surface area (Å²) in [5.41, 5.74) is 3.31. The van der Waals surface area contributed by atoms with E-state index in [1.807, 2.05) is 18.2 Å². The average Bonchev–Trinajstić information content (AvgIpc) is 3.23. The first kappa shape index (κ1) is 14.9. The number of hydrogen-bond acceptors (Lipinski definition) is 2. The summed E-state index contributed by atoms with van der Waals surface area (Å²) in [7, 11) is 0. The lowest BCUT2D eigenvalue weighted by Crippen LogP contribution is -2.36. The molecule has 0 spiro atoms. The van der Waals surface area contributed by atoms with Crippen molar-refractivity contribution in [2.45, 2.75) is 31.2 Å². The number of carbonyl (C=O) groups is 1. The zero-order chi connectivity index (χ0) is 17.1. The van der Waals surface area contributed by atoms with Gasteiger partial charge in [0.05, 0.1) is 17.3 Å². The Morgan fingerprint density at radius 1 is 1.08 bits per heavy atom. The monoisotopic (exact) mass is 337 g/mol. The van der Waals surface area contributed by atoms with Crippen LogP contribution in [0.5, 0.6) is 0 Å². The van der Waals surface area contributed by atoms with E-state index in [2.05, 4.69) is 11.4 Å². The molecule has 0 unspecified atom stereocenters. The van der Waals surface area contributed by atoms with Crippen LogP contribution >= 0.6 is 0 Å². The number of fused-ring (bicyclic) bond motifs is 7. The Balaban J connectivity index is 1.67. The van der Waals surface area contributed by atoms with Crippen LogP contribution in [0.4, 0.5) is 10.1 Å². The summed E-state index contributed by atoms with van der Waals surface area (Å²) in [5, 5.41) is 13.2. The normalized spacial score (nSPS) is 32.0. The second kappa shape index (κ2) is 5.32. The van der Waals surface area contributed by atoms with Gasteiger partial charge in [-0.15, -0.1) is 0 Å². The number of carboxylic acids is 1. The second-order valence-electron chi connectivity index (χ2n) is 7.68. The van der Waals surface area contributed by atoms with Gasteiger partial charge in [-0.25, -0.2) is 9.18 Å². The predicted octanol–water partition coefficient (Wildman–Crippen LogP) is 4.82. The molecule has 5 atom stereocenters. The topological polar surface area (TPSA) is 49.3 Å². The Labute approximate surface area is 145 Å². The Kier molecular flexibility index (Phi) is 3.18. The summed E-state index contributed by atoms with van der Waals surface area (Å²) in [5.74, 6) is 1.03. The van der Waals surface area contributed by atoms with Crippen LogP contribution in [0.3, 0.4) is 0 Å². The fourth-order valence-electron chi connectivity index (χ4n) is 5.69. The minimum absolute atomic E-state index is 0.0499. The number of anilines is 1. The standard InChI is InChI=1S/C21H20FNO2/c22-14-8-6-11(7-9-14)19-18-13-5-4-12(10-13)17(18)15-2-1-3-16(21(24)25)20(15)23-19/h1-3,6-9,12-13,17-19,23H,4-5,10H2,(H,24,25)/t12-,13-,17-,18+,19+/m1/s1. The van der Waals surface area contributed by atoms with Gasteiger partial charge in [-0.2, -0.15) is 0 Å². The van der Waals surface area contributed by atoms with Gasteiger partial charge in [-0.05, 0) is 72.3 Å². The van der Waals surface area contributed by atoms with Gasteiger partial charge < -0.3 is 10.4 Å². The van der Waals surface area contributed by atoms with Crippen molar-refractivity contribution in [2.24, 2.45) is 17.8 Å². The molecule has 1 heterocycles. The van der Waals surface area contributed by atoms with Crippen LogP contribution in [0.1, 0.15) is 52.7 Å². The average molecular weight is 337 g/mol. The molecule has 3 nitrogen and oxygen atoms in total. The van der Waals surface area contributed by atoms with Crippen molar-refractivity contribution in [3.05, 3.63) is 65.0 Å². The molecule has 2 fully saturated rings. The molecule has 4 heteroatoms. The van der Waals surface area contributed by atoms with Crippen molar-refractivity contribution in [1.29, 1.82) is 0 Å². The molecule has 3 aliphatic rings. The molecule has 2 aliphatic carbocycles. The maximum absolute atomic E-state index is 13.4. The molecule has 2 saturated carbocycles. The molecule has 2 aromatic rings. The SMILES string of the molecule is O=C(O)c1cccc2c1N[C@@H](c1ccc(F)cc1)[C@H]1[C@@H]3CC[C@H](C3)[C@H]21. The summed E-state index contributed by atoms with van der Waals surface area (Å²) in [6, 6.07) is 12.3. The Bertz CT molecular complexity index is 847. The highest BCUT2D eigenvalue weighted by Gasteiger charge is 2.54. The number of halogens is 1. The van der Waals surface area contributed by atoms with Crippen molar-refractivity contribution in [3.63, 3.8) is 0 Å². The fraction of sp³-hybridized carbons (Fsp3) is 0.381. The zero-order valence-corrected chi connectivity index (χ0v) is 13.8. The third kappa shape index (κ3) is 2.13. The van der Waals surface area contributed by atoms with E-state index in [1.54, 1.807) is 6.07 Å². The first-order chi connectivity index (χ1) is 12.1. The summed E-state index contributed by atoms with van der Waals surface area (Å²) in [6.07, 6.45) is 3.71. The molecular formula is C21H20FNO2. The maximum atomic E-state index is 13.4. The third-order valence-electron chi connectivity index (χ3n) is 6.58. The van der Waals surface area contributed by atoms with Crippen LogP contribution in [0.25, 0.3) is 0 Å². The Morgan fingerprint density at radius 3 is 2.60 bits per heavy atom. The van der Waals surface area contributed by atoms with E-state index in [0.29, 0.717) is 29.2 Å². The van der Waals surface area contributed by atoms with Gasteiger partial charge in [0.2, 0.25) is 0 Å². The molecule has 0 radical (unpaired) electrons. The van der Waals surface area contributed by atoms with Gasteiger partial charge in [0.25, 0.3) is 0 Å². The minimum Gasteiger partial charge on any atom is -0.478 e. The summed E-state index contributed by atoms with van der Waals surface area (Å²) in [4.78, 5) is 11.7. The molecule has 25 heavy (non-hydrogen) atoms. The lowest BCUT2D eigenvalue weighted by molar-refractivity contribution is 0.0697. The van der Waals surface area contributed by atoms with Crippen LogP contribution < -0.4 is 5.32 Å². The molecule has 2 aromatic carbocycles. The van der Waals surface area contributed by atoms with Crippen LogP contribution in [-0.4, -0.2) is 11.1 Å². The van der Waals surface area contributed by atoms with Crippen LogP contribution in [0, 0.1) is 23.6 Å². The van der Waals surface area contributed by atoms with Crippen molar-refractivity contribution >= 4 is 11.7 Å². The van der Waals surface area contributed by atoms with Crippen molar-refractivity contribution in [3.8, 4) is 0 Å². The van der Waals surface area contributed by atoms with Gasteiger partial charge in [0.1, 0.15) is 5.82 Å². The summed E-state index contributed by atoms with van der Waals surface area (Å²) in [6.45, 7) is 0. The van der Waals surface area contributed by atoms with Crippen LogP contribution in [0.15, 0.2) is 42.5 Å². The minimum atomic E-state index is -0.899. The second-order valence-corrected chi connectivity index (χ2v) is 7.68. The lowest BCUT2D eigenvalue weighted by atomic mass is 9.67. The van der Waals surface area contributed by atoms with Gasteiger partial charge in [0.15, 0.2) is 0 Å². The van der Waals surface area contributed by atoms with Crippen molar-refractivity contribution < 1.29 is 14.3 Å². The van der Waals surface area contributed by atoms with E-state index in [9.17, 15) is 14.3 Å². The number of nitrogens with one attached hydrogen (secondary N) is 1. The highest BCUT2D eigenvalue weighted by atomic mass is 19.1. The fourth-order valence-corrected chi connectivity index (χ4v) is 5.69. The van der Waals surface area contributed by atoms with E-state index < -0.39 is 5.97 Å². The molecule has 2 N–H and O–H groups in total. The molecule has 0 amide bonds. The Hall–Kier alpha value is -2.36. The predicted molar refractivity (Wildman–Crippen MR) is 93.2 cm³/mol. The zero-order valence-electron chi connectivity index (χ0n) is 13.8. The van der Waals surface area contributed by atoms with E-state index >= 15 is 0 Å². The van der Waals surface area contributed by atoms with E-state index in [0.717, 1.165) is 16.8 Å². The van der Waals surface area contributed by atoms with Gasteiger partial charge in [-0.1, -0.05) is 24.3 Å². The van der Waals surface area contributed by atoms with E-state index in [4.69, 9.17) is 0 Å². The lowest BCUT2D eigenvalue weighted by Gasteiger charge is -2.44. The molecule has 5 rings (SSSR count). The molecule has 128 valence electrons. The van der Waals surface area contributed by atoms with Gasteiger partial charge >= 0.3 is 5.97 Å². The summed E-state index contributed by atoms with van der Waals surface area (Å²) < 4.78 is 13.4. The smallest absolute Gasteiger partial charge is 0.337 e. The maximum Gasteiger partial charge on any atom is 0.337 e. The van der Waals surface area contributed by atoms with E-state index in [1.165, 1.54) is 31.4 Å². The quantitative estimate of drug-likeness (QED) is 0.826. The first-order valence-electron chi connectivity index (χ1n) is 9.01. The van der Waals surface area contributed by atoms with Gasteiger partial charge in [-0.3, -0.25) is 0 Å². The van der Waals surface area contributed by atoms with Gasteiger partial charge in [0, 0.05) is 0 Å². The van der Waals surface area contributed by atoms with Crippen LogP contribution in [-0.2, 0) is 0 Å². The number of benzene rings is 2. The Morgan fingerprint density at radius 2 is 1.84 bits per heavy atom. The third-order valence-corrected chi connectivity index (χ3v) is 6.58. The molecule has 1 aliphatic heterocycles. The van der Waals surface area contributed by atoms with Crippen LogP contribution in [0.2, 0.25) is 0 Å². The van der Waals surface area contributed by atoms with Crippen molar-refractivity contribution in [2.75, 3.05) is 5.32 Å². The summed E-state index contributed by atoms with van der Waals surface area (Å²) >= 11 is 0. The number of rotatable bonds is 2. The molecule has 2 bridgehead atoms.